The summed E-state index contributed by atoms with van der Waals surface area (Å²) >= 11 is 3.32. The van der Waals surface area contributed by atoms with E-state index in [1.807, 2.05) is 6.07 Å². The van der Waals surface area contributed by atoms with Crippen LogP contribution in [0.5, 0.6) is 0 Å². The maximum atomic E-state index is 10.6. The summed E-state index contributed by atoms with van der Waals surface area (Å²) in [5.74, 6) is 1.81. The number of likely N-dealkylation sites (tertiary alicyclic amines) is 1. The molecule has 0 unspecified atom stereocenters. The quantitative estimate of drug-likeness (QED) is 0.776. The summed E-state index contributed by atoms with van der Waals surface area (Å²) in [5.41, 5.74) is 0. The lowest BCUT2D eigenvalue weighted by atomic mass is 9.95. The van der Waals surface area contributed by atoms with Crippen molar-refractivity contribution in [2.75, 3.05) is 20.1 Å². The molecule has 1 aliphatic heterocycles. The van der Waals surface area contributed by atoms with Crippen molar-refractivity contribution in [1.82, 2.24) is 4.90 Å². The Morgan fingerprint density at radius 3 is 2.73 bits per heavy atom. The third-order valence-corrected chi connectivity index (χ3v) is 3.58. The van der Waals surface area contributed by atoms with Gasteiger partial charge in [-0.1, -0.05) is 0 Å². The summed E-state index contributed by atoms with van der Waals surface area (Å²) in [7, 11) is 2.13. The molecule has 1 fully saturated rings. The number of nitrogens with zero attached hydrogens (tertiary/aromatic N) is 1. The van der Waals surface area contributed by atoms with Gasteiger partial charge < -0.3 is 9.32 Å². The van der Waals surface area contributed by atoms with E-state index in [2.05, 4.69) is 27.9 Å². The van der Waals surface area contributed by atoms with Gasteiger partial charge in [0.05, 0.1) is 4.47 Å². The summed E-state index contributed by atoms with van der Waals surface area (Å²) in [6.07, 6.45) is 2.96. The number of hydrogen-bond donors (Lipinski definition) is 0. The normalized spacial score (nSPS) is 19.3. The van der Waals surface area contributed by atoms with Crippen LogP contribution in [0.15, 0.2) is 15.0 Å². The Kier molecular flexibility index (Phi) is 3.26. The third kappa shape index (κ3) is 2.32. The molecule has 1 aromatic rings. The highest BCUT2D eigenvalue weighted by molar-refractivity contribution is 9.10. The molecule has 0 spiro atoms. The van der Waals surface area contributed by atoms with Crippen LogP contribution in [-0.2, 0) is 0 Å². The summed E-state index contributed by atoms with van der Waals surface area (Å²) in [6.45, 7) is 2.19. The van der Waals surface area contributed by atoms with Crippen molar-refractivity contribution in [1.29, 1.82) is 0 Å². The van der Waals surface area contributed by atoms with E-state index < -0.39 is 0 Å². The zero-order valence-corrected chi connectivity index (χ0v) is 10.3. The molecule has 1 saturated heterocycles. The Morgan fingerprint density at radius 2 is 2.20 bits per heavy atom. The first-order valence-corrected chi connectivity index (χ1v) is 5.93. The predicted molar refractivity (Wildman–Crippen MR) is 61.3 cm³/mol. The Morgan fingerprint density at radius 1 is 1.53 bits per heavy atom. The van der Waals surface area contributed by atoms with Crippen LogP contribution in [0.2, 0.25) is 0 Å². The van der Waals surface area contributed by atoms with Gasteiger partial charge in [0.25, 0.3) is 0 Å². The average Bonchev–Trinajstić information content (AvgIpc) is 2.61. The van der Waals surface area contributed by atoms with Crippen LogP contribution >= 0.6 is 15.9 Å². The maximum absolute atomic E-state index is 10.6. The zero-order chi connectivity index (χ0) is 10.8. The predicted octanol–water partition coefficient (Wildman–Crippen LogP) is 2.66. The van der Waals surface area contributed by atoms with Crippen molar-refractivity contribution < 1.29 is 9.21 Å². The van der Waals surface area contributed by atoms with Gasteiger partial charge in [-0.2, -0.15) is 0 Å². The van der Waals surface area contributed by atoms with E-state index in [0.717, 1.165) is 42.5 Å². The van der Waals surface area contributed by atoms with Crippen LogP contribution in [0, 0.1) is 0 Å². The molecule has 0 bridgehead atoms. The van der Waals surface area contributed by atoms with E-state index in [9.17, 15) is 4.79 Å². The molecule has 3 nitrogen and oxygen atoms in total. The second-order valence-electron chi connectivity index (χ2n) is 4.06. The molecule has 0 amide bonds. The van der Waals surface area contributed by atoms with Gasteiger partial charge in [-0.3, -0.25) is 4.79 Å². The van der Waals surface area contributed by atoms with E-state index in [1.165, 1.54) is 0 Å². The highest BCUT2D eigenvalue weighted by Gasteiger charge is 2.22. The highest BCUT2D eigenvalue weighted by Crippen LogP contribution is 2.32. The second kappa shape index (κ2) is 4.49. The SMILES string of the molecule is CN1CCC(c2cc(Br)c(C=O)o2)CC1. The number of hydrogen-bond acceptors (Lipinski definition) is 3. The van der Waals surface area contributed by atoms with Crippen molar-refractivity contribution in [3.63, 3.8) is 0 Å². The van der Waals surface area contributed by atoms with Gasteiger partial charge in [0.2, 0.25) is 0 Å². The van der Waals surface area contributed by atoms with Crippen LogP contribution in [0.25, 0.3) is 0 Å². The van der Waals surface area contributed by atoms with Crippen LogP contribution in [0.3, 0.4) is 0 Å². The van der Waals surface area contributed by atoms with E-state index in [0.29, 0.717) is 11.7 Å². The van der Waals surface area contributed by atoms with Gasteiger partial charge in [-0.25, -0.2) is 0 Å². The fourth-order valence-electron chi connectivity index (χ4n) is 1.98. The van der Waals surface area contributed by atoms with Crippen molar-refractivity contribution in [3.05, 3.63) is 22.1 Å². The second-order valence-corrected chi connectivity index (χ2v) is 4.91. The molecule has 0 aromatic carbocycles. The fraction of sp³-hybridized carbons (Fsp3) is 0.545. The Hall–Kier alpha value is -0.610. The van der Waals surface area contributed by atoms with E-state index >= 15 is 0 Å². The van der Waals surface area contributed by atoms with Gasteiger partial charge in [-0.05, 0) is 55.0 Å². The first-order valence-electron chi connectivity index (χ1n) is 5.13. The minimum Gasteiger partial charge on any atom is -0.457 e. The molecule has 0 radical (unpaired) electrons. The van der Waals surface area contributed by atoms with E-state index in [4.69, 9.17) is 4.42 Å². The number of furan rings is 1. The van der Waals surface area contributed by atoms with Gasteiger partial charge in [0.1, 0.15) is 5.76 Å². The minimum atomic E-state index is 0.406. The molecule has 2 rings (SSSR count). The van der Waals surface area contributed by atoms with Crippen LogP contribution in [0.4, 0.5) is 0 Å². The van der Waals surface area contributed by atoms with Crippen LogP contribution in [0.1, 0.15) is 35.1 Å². The minimum absolute atomic E-state index is 0.406. The largest absolute Gasteiger partial charge is 0.457 e. The Labute approximate surface area is 97.6 Å². The monoisotopic (exact) mass is 271 g/mol. The number of halogens is 1. The smallest absolute Gasteiger partial charge is 0.186 e. The van der Waals surface area contributed by atoms with Crippen molar-refractivity contribution in [3.8, 4) is 0 Å². The molecule has 0 saturated carbocycles. The zero-order valence-electron chi connectivity index (χ0n) is 8.70. The summed E-state index contributed by atoms with van der Waals surface area (Å²) in [6, 6.07) is 1.93. The highest BCUT2D eigenvalue weighted by atomic mass is 79.9. The van der Waals surface area contributed by atoms with E-state index in [-0.39, 0.29) is 0 Å². The third-order valence-electron chi connectivity index (χ3n) is 2.96. The molecular formula is C11H14BrNO2. The van der Waals surface area contributed by atoms with Gasteiger partial charge >= 0.3 is 0 Å². The molecule has 2 heterocycles. The molecule has 0 N–H and O–H groups in total. The van der Waals surface area contributed by atoms with Crippen molar-refractivity contribution in [2.45, 2.75) is 18.8 Å². The van der Waals surface area contributed by atoms with Crippen molar-refractivity contribution >= 4 is 22.2 Å². The van der Waals surface area contributed by atoms with Gasteiger partial charge in [0.15, 0.2) is 12.0 Å². The molecule has 1 aliphatic rings. The number of piperidine rings is 1. The molecule has 4 heteroatoms. The number of rotatable bonds is 2. The first kappa shape index (κ1) is 10.9. The van der Waals surface area contributed by atoms with Gasteiger partial charge in [0, 0.05) is 5.92 Å². The molecule has 15 heavy (non-hydrogen) atoms. The average molecular weight is 272 g/mol. The summed E-state index contributed by atoms with van der Waals surface area (Å²) in [5, 5.41) is 0. The van der Waals surface area contributed by atoms with E-state index in [1.54, 1.807) is 0 Å². The number of aldehydes is 1. The van der Waals surface area contributed by atoms with Crippen LogP contribution in [-0.4, -0.2) is 31.3 Å². The Balaban J connectivity index is 2.12. The molecule has 82 valence electrons. The molecule has 0 aliphatic carbocycles. The lowest BCUT2D eigenvalue weighted by molar-refractivity contribution is 0.109. The topological polar surface area (TPSA) is 33.5 Å². The molecule has 1 aromatic heterocycles. The fourth-order valence-corrected chi connectivity index (χ4v) is 2.38. The molecule has 0 atom stereocenters. The number of carbonyl (C=O) groups excluding carboxylic acids is 1. The lowest BCUT2D eigenvalue weighted by Gasteiger charge is -2.27. The maximum Gasteiger partial charge on any atom is 0.186 e. The molecular weight excluding hydrogens is 258 g/mol. The van der Waals surface area contributed by atoms with Crippen molar-refractivity contribution in [2.24, 2.45) is 0 Å². The van der Waals surface area contributed by atoms with Crippen LogP contribution < -0.4 is 0 Å². The summed E-state index contributed by atoms with van der Waals surface area (Å²) < 4.78 is 6.27. The lowest BCUT2D eigenvalue weighted by Crippen LogP contribution is -2.29. The first-order chi connectivity index (χ1) is 7.20. The standard InChI is InChI=1S/C11H14BrNO2/c1-13-4-2-8(3-5-13)10-6-9(12)11(7-14)15-10/h6-8H,2-5H2,1H3. The summed E-state index contributed by atoms with van der Waals surface area (Å²) in [4.78, 5) is 13.0. The van der Waals surface area contributed by atoms with Gasteiger partial charge in [-0.15, -0.1) is 0 Å². The Bertz CT molecular complexity index is 353. The number of carbonyl (C=O) groups is 1.